The molecule has 0 bridgehead atoms. The third-order valence-electron chi connectivity index (χ3n) is 13.5. The van der Waals surface area contributed by atoms with Gasteiger partial charge < -0.3 is 20.4 Å². The van der Waals surface area contributed by atoms with Crippen LogP contribution in [0, 0.1) is 23.7 Å². The molecule has 0 saturated carbocycles. The molecule has 5 saturated heterocycles. The first-order valence-corrected chi connectivity index (χ1v) is 20.9. The van der Waals surface area contributed by atoms with Gasteiger partial charge in [0.2, 0.25) is 23.6 Å². The van der Waals surface area contributed by atoms with Crippen molar-refractivity contribution in [1.82, 2.24) is 40.1 Å². The minimum Gasteiger partial charge on any atom is -0.399 e. The van der Waals surface area contributed by atoms with Gasteiger partial charge in [0.25, 0.3) is 0 Å². The number of aromatic amines is 1. The van der Waals surface area contributed by atoms with E-state index in [4.69, 9.17) is 10.7 Å². The molecule has 0 radical (unpaired) electrons. The fourth-order valence-corrected chi connectivity index (χ4v) is 10.3. The minimum atomic E-state index is -0.910. The number of imide groups is 2. The van der Waals surface area contributed by atoms with Crippen LogP contribution in [0.25, 0.3) is 22.2 Å². The van der Waals surface area contributed by atoms with E-state index in [9.17, 15) is 19.2 Å². The lowest BCUT2D eigenvalue weighted by atomic mass is 9.88. The lowest BCUT2D eigenvalue weighted by Gasteiger charge is -2.47. The molecule has 2 aromatic heterocycles. The molecule has 1 aliphatic carbocycles. The van der Waals surface area contributed by atoms with Crippen LogP contribution in [0.15, 0.2) is 60.5 Å². The Kier molecular flexibility index (Phi) is 10.1. The van der Waals surface area contributed by atoms with Gasteiger partial charge in [-0.05, 0) is 113 Å². The Morgan fingerprint density at radius 2 is 1.54 bits per heavy atom. The maximum atomic E-state index is 13.4. The predicted molar refractivity (Wildman–Crippen MR) is 217 cm³/mol. The summed E-state index contributed by atoms with van der Waals surface area (Å²) < 4.78 is 0. The molecule has 57 heavy (non-hydrogen) atoms. The summed E-state index contributed by atoms with van der Waals surface area (Å²) in [4.78, 5) is 66.8. The lowest BCUT2D eigenvalue weighted by molar-refractivity contribution is -0.151. The highest BCUT2D eigenvalue weighted by atomic mass is 16.2. The van der Waals surface area contributed by atoms with E-state index in [1.165, 1.54) is 12.8 Å². The normalized spacial score (nSPS) is 28.4. The number of hydrogen-bond acceptors (Lipinski definition) is 11. The van der Waals surface area contributed by atoms with Crippen LogP contribution in [0.5, 0.6) is 0 Å². The number of rotatable bonds is 8. The van der Waals surface area contributed by atoms with E-state index in [1.807, 2.05) is 48.7 Å². The second kappa shape index (κ2) is 15.4. The number of carbonyl (C=O) groups excluding carboxylic acids is 4. The number of nitrogens with zero attached hydrogens (tertiary/aromatic N) is 7. The number of carbonyl (C=O) groups is 4. The standard InChI is InChI=1S/C43H54N10O4/c1-26-22-51(38-19-30(9-14-45-38)40-35-20-31(44)3-6-36(35)47-48-40)23-27(2)52(26)25-29-10-15-49(16-11-29)24-28-12-17-50(18-13-28)32-4-5-33-34(21-32)43(57)53(42(33)56)37-7-8-39(54)46-41(37)55/h3-6,9,14,19-21,26-29,33-34,37H,7-8,10-13,15-18,22-25,44H2,1-2H3,(H,47,48)(H,46,54,55)/t26-,27+,33?,34?,37?. The van der Waals surface area contributed by atoms with Crippen LogP contribution in [0.3, 0.4) is 0 Å². The number of aromatic nitrogens is 3. The molecule has 5 aliphatic heterocycles. The Bertz CT molecular complexity index is 2100. The predicted octanol–water partition coefficient (Wildman–Crippen LogP) is 3.39. The van der Waals surface area contributed by atoms with E-state index in [-0.39, 0.29) is 30.6 Å². The number of fused-ring (bicyclic) bond motifs is 2. The van der Waals surface area contributed by atoms with Crippen molar-refractivity contribution in [2.24, 2.45) is 23.7 Å². The molecule has 14 nitrogen and oxygen atoms in total. The van der Waals surface area contributed by atoms with Crippen LogP contribution in [0.2, 0.25) is 0 Å². The molecule has 4 amide bonds. The highest BCUT2D eigenvalue weighted by Gasteiger charge is 2.51. The molecular formula is C43H54N10O4. The van der Waals surface area contributed by atoms with Gasteiger partial charge in [-0.2, -0.15) is 5.10 Å². The third kappa shape index (κ3) is 7.33. The van der Waals surface area contributed by atoms with Crippen molar-refractivity contribution in [2.75, 3.05) is 63.0 Å². The maximum absolute atomic E-state index is 13.4. The molecule has 14 heteroatoms. The van der Waals surface area contributed by atoms with Gasteiger partial charge in [0, 0.05) is 86.3 Å². The average molecular weight is 775 g/mol. The summed E-state index contributed by atoms with van der Waals surface area (Å²) in [5.41, 5.74) is 10.7. The number of amides is 4. The number of allylic oxidation sites excluding steroid dienone is 1. The number of hydrogen-bond donors (Lipinski definition) is 3. The first-order chi connectivity index (χ1) is 27.6. The Morgan fingerprint density at radius 3 is 2.30 bits per heavy atom. The zero-order valence-electron chi connectivity index (χ0n) is 33.0. The first kappa shape index (κ1) is 37.5. The van der Waals surface area contributed by atoms with E-state index in [0.717, 1.165) is 109 Å². The Balaban J connectivity index is 0.730. The second-order valence-electron chi connectivity index (χ2n) is 17.3. The minimum absolute atomic E-state index is 0.127. The highest BCUT2D eigenvalue weighted by Crippen LogP contribution is 2.37. The number of nitrogens with one attached hydrogen (secondary N) is 2. The van der Waals surface area contributed by atoms with Gasteiger partial charge in [-0.3, -0.25) is 39.4 Å². The van der Waals surface area contributed by atoms with Crippen molar-refractivity contribution in [1.29, 1.82) is 0 Å². The molecule has 5 fully saturated rings. The Hall–Kier alpha value is -5.08. The smallest absolute Gasteiger partial charge is 0.249 e. The second-order valence-corrected chi connectivity index (χ2v) is 17.3. The van der Waals surface area contributed by atoms with E-state index < -0.39 is 23.8 Å². The largest absolute Gasteiger partial charge is 0.399 e. The number of H-pyrrole nitrogens is 1. The van der Waals surface area contributed by atoms with Crippen LogP contribution in [0.4, 0.5) is 11.5 Å². The summed E-state index contributed by atoms with van der Waals surface area (Å²) in [6, 6.07) is 9.95. The molecule has 300 valence electrons. The summed E-state index contributed by atoms with van der Waals surface area (Å²) in [5.74, 6) is -0.455. The van der Waals surface area contributed by atoms with Gasteiger partial charge in [0.15, 0.2) is 0 Å². The van der Waals surface area contributed by atoms with Gasteiger partial charge in [-0.1, -0.05) is 6.08 Å². The lowest BCUT2D eigenvalue weighted by Crippen LogP contribution is -2.58. The van der Waals surface area contributed by atoms with Gasteiger partial charge in [0.05, 0.1) is 17.4 Å². The average Bonchev–Trinajstić information content (AvgIpc) is 3.74. The summed E-state index contributed by atoms with van der Waals surface area (Å²) in [6.45, 7) is 13.0. The summed E-state index contributed by atoms with van der Waals surface area (Å²) in [6.07, 6.45) is 12.6. The molecule has 0 spiro atoms. The fraction of sp³-hybridized carbons (Fsp3) is 0.535. The van der Waals surface area contributed by atoms with E-state index in [2.05, 4.69) is 55.0 Å². The van der Waals surface area contributed by atoms with Crippen molar-refractivity contribution in [3.05, 3.63) is 60.5 Å². The SMILES string of the molecule is C[C@@H]1CN(c2cc(-c3n[nH]c4ccc(N)cc34)ccn2)C[C@H](C)N1CC1CCN(CC2CCN(C3=CC4C(=O)N(C5CCC(=O)NC5=O)C(=O)C4C=C3)CC2)CC1. The van der Waals surface area contributed by atoms with E-state index in [0.29, 0.717) is 23.9 Å². The zero-order chi connectivity index (χ0) is 39.4. The van der Waals surface area contributed by atoms with Gasteiger partial charge in [-0.25, -0.2) is 4.98 Å². The molecule has 7 heterocycles. The summed E-state index contributed by atoms with van der Waals surface area (Å²) in [7, 11) is 0. The molecule has 1 aromatic carbocycles. The van der Waals surface area contributed by atoms with Crippen molar-refractivity contribution >= 4 is 46.0 Å². The highest BCUT2D eigenvalue weighted by molar-refractivity contribution is 6.12. The zero-order valence-corrected chi connectivity index (χ0v) is 33.0. The van der Waals surface area contributed by atoms with Gasteiger partial charge in [0.1, 0.15) is 17.6 Å². The van der Waals surface area contributed by atoms with Crippen molar-refractivity contribution in [3.8, 4) is 11.3 Å². The molecule has 3 unspecified atom stereocenters. The molecule has 3 aromatic rings. The molecule has 4 N–H and O–H groups in total. The number of piperazine rings is 1. The number of benzene rings is 1. The monoisotopic (exact) mass is 774 g/mol. The Morgan fingerprint density at radius 1 is 0.825 bits per heavy atom. The van der Waals surface area contributed by atoms with Crippen molar-refractivity contribution in [2.45, 2.75) is 70.5 Å². The topological polar surface area (TPSA) is 164 Å². The number of nitrogen functional groups attached to an aromatic ring is 1. The van der Waals surface area contributed by atoms with E-state index >= 15 is 0 Å². The number of pyridine rings is 1. The molecule has 5 atom stereocenters. The van der Waals surface area contributed by atoms with Gasteiger partial charge >= 0.3 is 0 Å². The quantitative estimate of drug-likeness (QED) is 0.227. The Labute approximate surface area is 333 Å². The third-order valence-corrected chi connectivity index (χ3v) is 13.5. The molecule has 6 aliphatic rings. The summed E-state index contributed by atoms with van der Waals surface area (Å²) in [5, 5.41) is 11.0. The van der Waals surface area contributed by atoms with Crippen LogP contribution in [-0.2, 0) is 19.2 Å². The summed E-state index contributed by atoms with van der Waals surface area (Å²) >= 11 is 0. The number of likely N-dealkylation sites (tertiary alicyclic amines) is 3. The van der Waals surface area contributed by atoms with Crippen LogP contribution >= 0.6 is 0 Å². The van der Waals surface area contributed by atoms with Crippen LogP contribution < -0.4 is 16.0 Å². The van der Waals surface area contributed by atoms with Crippen molar-refractivity contribution < 1.29 is 19.2 Å². The fourth-order valence-electron chi connectivity index (χ4n) is 10.3. The van der Waals surface area contributed by atoms with Crippen molar-refractivity contribution in [3.63, 3.8) is 0 Å². The van der Waals surface area contributed by atoms with Crippen LogP contribution in [-0.4, -0.2) is 129 Å². The van der Waals surface area contributed by atoms with Crippen LogP contribution in [0.1, 0.15) is 52.4 Å². The maximum Gasteiger partial charge on any atom is 0.249 e. The van der Waals surface area contributed by atoms with Gasteiger partial charge in [-0.15, -0.1) is 0 Å². The number of piperidine rings is 3. The molecular weight excluding hydrogens is 721 g/mol. The molecule has 9 rings (SSSR count). The number of nitrogens with two attached hydrogens (primary N) is 1. The van der Waals surface area contributed by atoms with E-state index in [1.54, 1.807) is 0 Å². The first-order valence-electron chi connectivity index (χ1n) is 20.9. The number of anilines is 2.